The van der Waals surface area contributed by atoms with Crippen LogP contribution in [0.5, 0.6) is 0 Å². The molecular weight excluding hydrogens is 200 g/mol. The number of nitrogens with zero attached hydrogens (tertiary/aromatic N) is 1. The molecule has 1 N–H and O–H groups in total. The van der Waals surface area contributed by atoms with E-state index in [1.807, 2.05) is 27.7 Å². The van der Waals surface area contributed by atoms with Crippen LogP contribution < -0.4 is 5.32 Å². The van der Waals surface area contributed by atoms with Crippen LogP contribution in [0.2, 0.25) is 0 Å². The highest BCUT2D eigenvalue weighted by Crippen LogP contribution is 2.26. The summed E-state index contributed by atoms with van der Waals surface area (Å²) in [6.07, 6.45) is 5.77. The van der Waals surface area contributed by atoms with Crippen LogP contribution in [0, 0.1) is 5.92 Å². The van der Waals surface area contributed by atoms with Crippen molar-refractivity contribution in [3.8, 4) is 0 Å². The largest absolute Gasteiger partial charge is 0.451 e. The van der Waals surface area contributed by atoms with Crippen molar-refractivity contribution >= 4 is 0 Å². The smallest absolute Gasteiger partial charge is 0.180 e. The molecular formula is C13H26N2O. The molecule has 1 saturated carbocycles. The van der Waals surface area contributed by atoms with E-state index in [1.54, 1.807) is 6.26 Å². The van der Waals surface area contributed by atoms with Gasteiger partial charge in [0.05, 0.1) is 5.69 Å². The maximum absolute atomic E-state index is 4.87. The first kappa shape index (κ1) is 15.2. The van der Waals surface area contributed by atoms with Gasteiger partial charge in [-0.25, -0.2) is 4.98 Å². The Kier molecular flexibility index (Phi) is 8.91. The highest BCUT2D eigenvalue weighted by Gasteiger charge is 2.24. The zero-order valence-electron chi connectivity index (χ0n) is 11.3. The minimum absolute atomic E-state index is 0.705. The molecule has 0 saturated heterocycles. The van der Waals surface area contributed by atoms with Crippen molar-refractivity contribution in [1.82, 2.24) is 10.3 Å². The van der Waals surface area contributed by atoms with Crippen LogP contribution in [0.3, 0.4) is 0 Å². The fraction of sp³-hybridized carbons (Fsp3) is 0.769. The Morgan fingerprint density at radius 1 is 1.31 bits per heavy atom. The lowest BCUT2D eigenvalue weighted by Gasteiger charge is -2.33. The Balaban J connectivity index is 0.000000509. The van der Waals surface area contributed by atoms with E-state index in [4.69, 9.17) is 4.42 Å². The molecule has 3 heteroatoms. The van der Waals surface area contributed by atoms with E-state index in [-0.39, 0.29) is 0 Å². The van der Waals surface area contributed by atoms with Crippen molar-refractivity contribution in [2.24, 2.45) is 5.92 Å². The molecule has 16 heavy (non-hydrogen) atoms. The summed E-state index contributed by atoms with van der Waals surface area (Å²) in [5, 5.41) is 3.43. The van der Waals surface area contributed by atoms with Crippen LogP contribution >= 0.6 is 0 Å². The first-order valence-electron chi connectivity index (χ1n) is 6.45. The van der Waals surface area contributed by atoms with Gasteiger partial charge in [-0.2, -0.15) is 0 Å². The van der Waals surface area contributed by atoms with Gasteiger partial charge < -0.3 is 9.73 Å². The van der Waals surface area contributed by atoms with Crippen molar-refractivity contribution in [2.75, 3.05) is 0 Å². The summed E-state index contributed by atoms with van der Waals surface area (Å²) in [7, 11) is 0. The van der Waals surface area contributed by atoms with E-state index in [2.05, 4.69) is 17.2 Å². The predicted molar refractivity (Wildman–Crippen MR) is 68.2 cm³/mol. The Bertz CT molecular complexity index is 228. The van der Waals surface area contributed by atoms with E-state index in [9.17, 15) is 0 Å². The second-order valence-corrected chi connectivity index (χ2v) is 3.63. The summed E-state index contributed by atoms with van der Waals surface area (Å²) >= 11 is 0. The van der Waals surface area contributed by atoms with Gasteiger partial charge in [-0.15, -0.1) is 0 Å². The molecule has 1 heterocycles. The lowest BCUT2D eigenvalue weighted by Crippen LogP contribution is -2.39. The molecule has 1 aromatic rings. The van der Waals surface area contributed by atoms with Gasteiger partial charge in [0, 0.05) is 12.6 Å². The topological polar surface area (TPSA) is 38.1 Å². The molecule has 1 aromatic heterocycles. The molecule has 0 amide bonds. The summed E-state index contributed by atoms with van der Waals surface area (Å²) in [5.74, 6) is 0.903. The molecule has 1 aliphatic rings. The van der Waals surface area contributed by atoms with Crippen molar-refractivity contribution < 1.29 is 4.42 Å². The van der Waals surface area contributed by atoms with Crippen molar-refractivity contribution in [1.29, 1.82) is 0 Å². The maximum atomic E-state index is 4.87. The van der Waals surface area contributed by atoms with E-state index in [0.717, 1.165) is 18.2 Å². The Morgan fingerprint density at radius 3 is 2.38 bits per heavy atom. The Labute approximate surface area is 99.7 Å². The van der Waals surface area contributed by atoms with Gasteiger partial charge in [-0.3, -0.25) is 0 Å². The van der Waals surface area contributed by atoms with Gasteiger partial charge >= 0.3 is 0 Å². The average molecular weight is 226 g/mol. The molecule has 0 atom stereocenters. The molecule has 0 bridgehead atoms. The summed E-state index contributed by atoms with van der Waals surface area (Å²) < 4.78 is 4.87. The third kappa shape index (κ3) is 5.31. The van der Waals surface area contributed by atoms with Crippen molar-refractivity contribution in [2.45, 2.75) is 60.0 Å². The molecule has 1 aliphatic carbocycles. The van der Waals surface area contributed by atoms with Gasteiger partial charge in [0.25, 0.3) is 0 Å². The van der Waals surface area contributed by atoms with Crippen LogP contribution in [0.4, 0.5) is 0 Å². The van der Waals surface area contributed by atoms with Crippen LogP contribution in [-0.4, -0.2) is 11.0 Å². The summed E-state index contributed by atoms with van der Waals surface area (Å²) in [4.78, 5) is 4.04. The van der Waals surface area contributed by atoms with Crippen molar-refractivity contribution in [3.05, 3.63) is 18.4 Å². The van der Waals surface area contributed by atoms with Crippen LogP contribution in [0.1, 0.15) is 53.2 Å². The van der Waals surface area contributed by atoms with Gasteiger partial charge in [-0.05, 0) is 18.8 Å². The lowest BCUT2D eigenvalue weighted by atomic mass is 9.82. The normalized spacial score (nSPS) is 22.1. The molecule has 0 aliphatic heterocycles. The number of rotatable bonds is 3. The van der Waals surface area contributed by atoms with Crippen LogP contribution in [-0.2, 0) is 6.54 Å². The van der Waals surface area contributed by atoms with Crippen molar-refractivity contribution in [3.63, 3.8) is 0 Å². The second-order valence-electron chi connectivity index (χ2n) is 3.63. The molecule has 0 radical (unpaired) electrons. The molecule has 94 valence electrons. The SMILES string of the molecule is CC.CC.CC1CC(NCc2cocn2)C1. The van der Waals surface area contributed by atoms with Crippen LogP contribution in [0.15, 0.2) is 17.1 Å². The average Bonchev–Trinajstić information content (AvgIpc) is 2.81. The molecule has 0 unspecified atom stereocenters. The number of nitrogens with one attached hydrogen (secondary N) is 1. The third-order valence-electron chi connectivity index (χ3n) is 2.43. The molecule has 0 aromatic carbocycles. The van der Waals surface area contributed by atoms with Crippen LogP contribution in [0.25, 0.3) is 0 Å². The molecule has 1 fully saturated rings. The molecule has 3 nitrogen and oxygen atoms in total. The van der Waals surface area contributed by atoms with E-state index in [1.165, 1.54) is 19.2 Å². The quantitative estimate of drug-likeness (QED) is 0.855. The minimum Gasteiger partial charge on any atom is -0.451 e. The highest BCUT2D eigenvalue weighted by molar-refractivity contribution is 4.92. The fourth-order valence-electron chi connectivity index (χ4n) is 1.64. The van der Waals surface area contributed by atoms with Gasteiger partial charge in [-0.1, -0.05) is 34.6 Å². The molecule has 0 spiro atoms. The standard InChI is InChI=1S/C9H14N2O.2C2H6/c1-7-2-8(3-7)10-4-9-5-12-6-11-9;2*1-2/h5-8,10H,2-4H2,1H3;2*1-2H3. The van der Waals surface area contributed by atoms with E-state index < -0.39 is 0 Å². The monoisotopic (exact) mass is 226 g/mol. The summed E-state index contributed by atoms with van der Waals surface area (Å²) in [6.45, 7) is 11.1. The number of aromatic nitrogens is 1. The van der Waals surface area contributed by atoms with Gasteiger partial charge in [0.1, 0.15) is 6.26 Å². The van der Waals surface area contributed by atoms with Gasteiger partial charge in [0.2, 0.25) is 0 Å². The Morgan fingerprint density at radius 2 is 1.94 bits per heavy atom. The number of oxazole rings is 1. The highest BCUT2D eigenvalue weighted by atomic mass is 16.3. The van der Waals surface area contributed by atoms with Gasteiger partial charge in [0.15, 0.2) is 6.39 Å². The minimum atomic E-state index is 0.705. The predicted octanol–water partition coefficient (Wildman–Crippen LogP) is 3.62. The summed E-state index contributed by atoms with van der Waals surface area (Å²) in [6, 6.07) is 0.705. The second kappa shape index (κ2) is 9.40. The Hall–Kier alpha value is -0.830. The van der Waals surface area contributed by atoms with E-state index >= 15 is 0 Å². The fourth-order valence-corrected chi connectivity index (χ4v) is 1.64. The lowest BCUT2D eigenvalue weighted by molar-refractivity contribution is 0.239. The number of hydrogen-bond donors (Lipinski definition) is 1. The zero-order chi connectivity index (χ0) is 12.4. The molecule has 2 rings (SSSR count). The van der Waals surface area contributed by atoms with E-state index in [0.29, 0.717) is 6.04 Å². The maximum Gasteiger partial charge on any atom is 0.180 e. The first-order valence-corrected chi connectivity index (χ1v) is 6.45. The number of hydrogen-bond acceptors (Lipinski definition) is 3. The zero-order valence-corrected chi connectivity index (χ0v) is 11.3. The summed E-state index contributed by atoms with van der Waals surface area (Å²) in [5.41, 5.74) is 0.995. The first-order chi connectivity index (χ1) is 7.84. The third-order valence-corrected chi connectivity index (χ3v) is 2.43.